The van der Waals surface area contributed by atoms with Gasteiger partial charge in [0.2, 0.25) is 0 Å². The van der Waals surface area contributed by atoms with Crippen molar-refractivity contribution in [2.45, 2.75) is 19.4 Å². The van der Waals surface area contributed by atoms with E-state index in [1.807, 2.05) is 31.2 Å². The van der Waals surface area contributed by atoms with Crippen molar-refractivity contribution in [3.8, 4) is 5.75 Å². The van der Waals surface area contributed by atoms with Crippen LogP contribution in [0.15, 0.2) is 36.7 Å². The summed E-state index contributed by atoms with van der Waals surface area (Å²) in [5, 5.41) is 3.10. The van der Waals surface area contributed by atoms with Gasteiger partial charge in [0.05, 0.1) is 30.5 Å². The summed E-state index contributed by atoms with van der Waals surface area (Å²) in [5.74, 6) is 1.07. The third-order valence-corrected chi connectivity index (χ3v) is 6.14. The van der Waals surface area contributed by atoms with Crippen molar-refractivity contribution in [1.82, 2.24) is 14.9 Å². The molecule has 3 rings (SSSR count). The zero-order valence-electron chi connectivity index (χ0n) is 15.3. The van der Waals surface area contributed by atoms with E-state index in [9.17, 15) is 13.2 Å². The van der Waals surface area contributed by atoms with Crippen LogP contribution in [0.1, 0.15) is 23.8 Å². The third-order valence-electron chi connectivity index (χ3n) is 4.39. The van der Waals surface area contributed by atoms with Gasteiger partial charge in [0.1, 0.15) is 17.3 Å². The minimum Gasteiger partial charge on any atom is -0.494 e. The second-order valence-electron chi connectivity index (χ2n) is 6.34. The molecule has 1 atom stereocenters. The highest BCUT2D eigenvalue weighted by molar-refractivity contribution is 7.91. The highest BCUT2D eigenvalue weighted by Crippen LogP contribution is 2.20. The van der Waals surface area contributed by atoms with Gasteiger partial charge in [-0.25, -0.2) is 18.4 Å². The minimum atomic E-state index is -3.05. The van der Waals surface area contributed by atoms with Crippen LogP contribution in [0.3, 0.4) is 0 Å². The van der Waals surface area contributed by atoms with E-state index in [4.69, 9.17) is 4.74 Å². The number of anilines is 2. The summed E-state index contributed by atoms with van der Waals surface area (Å²) in [7, 11) is -1.45. The molecule has 0 saturated carbocycles. The summed E-state index contributed by atoms with van der Waals surface area (Å²) >= 11 is 0. The SMILES string of the molecule is CCOc1ccc(Nc2cnc(C(=O)N(C)C3CCS(=O)(=O)C3)cn2)cc1. The number of nitrogens with zero attached hydrogens (tertiary/aromatic N) is 3. The number of nitrogens with one attached hydrogen (secondary N) is 1. The quantitative estimate of drug-likeness (QED) is 0.803. The van der Waals surface area contributed by atoms with Crippen LogP contribution < -0.4 is 10.1 Å². The van der Waals surface area contributed by atoms with Crippen LogP contribution in [0.25, 0.3) is 0 Å². The van der Waals surface area contributed by atoms with E-state index in [0.717, 1.165) is 11.4 Å². The van der Waals surface area contributed by atoms with Gasteiger partial charge >= 0.3 is 0 Å². The van der Waals surface area contributed by atoms with Crippen molar-refractivity contribution in [1.29, 1.82) is 0 Å². The average molecular weight is 390 g/mol. The fraction of sp³-hybridized carbons (Fsp3) is 0.389. The molecule has 1 amide bonds. The Kier molecular flexibility index (Phi) is 5.59. The number of rotatable bonds is 6. The molecule has 0 radical (unpaired) electrons. The van der Waals surface area contributed by atoms with Gasteiger partial charge in [-0.3, -0.25) is 4.79 Å². The lowest BCUT2D eigenvalue weighted by molar-refractivity contribution is 0.0741. The molecular formula is C18H22N4O4S. The molecule has 1 fully saturated rings. The van der Waals surface area contributed by atoms with E-state index in [1.165, 1.54) is 17.3 Å². The Bertz CT molecular complexity index is 898. The van der Waals surface area contributed by atoms with Crippen LogP contribution in [0.4, 0.5) is 11.5 Å². The highest BCUT2D eigenvalue weighted by Gasteiger charge is 2.33. The molecule has 1 aliphatic heterocycles. The normalized spacial score (nSPS) is 18.1. The summed E-state index contributed by atoms with van der Waals surface area (Å²) in [6, 6.07) is 7.11. The summed E-state index contributed by atoms with van der Waals surface area (Å²) in [4.78, 5) is 22.3. The number of hydrogen-bond donors (Lipinski definition) is 1. The van der Waals surface area contributed by atoms with E-state index >= 15 is 0 Å². The van der Waals surface area contributed by atoms with Gasteiger partial charge < -0.3 is 15.0 Å². The first-order valence-electron chi connectivity index (χ1n) is 8.67. The molecule has 2 heterocycles. The smallest absolute Gasteiger partial charge is 0.274 e. The Labute approximate surface area is 158 Å². The zero-order chi connectivity index (χ0) is 19.4. The van der Waals surface area contributed by atoms with Crippen molar-refractivity contribution in [2.24, 2.45) is 0 Å². The molecule has 9 heteroatoms. The standard InChI is InChI=1S/C18H22N4O4S/c1-3-26-15-6-4-13(5-7-15)21-17-11-19-16(10-20-17)18(23)22(2)14-8-9-27(24,25)12-14/h4-7,10-11,14H,3,8-9,12H2,1-2H3,(H,20,21). The number of sulfone groups is 1. The lowest BCUT2D eigenvalue weighted by atomic mass is 10.2. The number of carbonyl (C=O) groups is 1. The fourth-order valence-corrected chi connectivity index (χ4v) is 4.65. The Morgan fingerprint density at radius 1 is 1.26 bits per heavy atom. The number of ether oxygens (including phenoxy) is 1. The molecular weight excluding hydrogens is 368 g/mol. The maximum absolute atomic E-state index is 12.5. The summed E-state index contributed by atoms with van der Waals surface area (Å²) < 4.78 is 28.6. The van der Waals surface area contributed by atoms with E-state index in [0.29, 0.717) is 18.8 Å². The molecule has 0 spiro atoms. The Morgan fingerprint density at radius 3 is 2.56 bits per heavy atom. The van der Waals surface area contributed by atoms with Gasteiger partial charge in [0, 0.05) is 18.8 Å². The van der Waals surface area contributed by atoms with Crippen molar-refractivity contribution in [2.75, 3.05) is 30.5 Å². The predicted octanol–water partition coefficient (Wildman–Crippen LogP) is 1.88. The second kappa shape index (κ2) is 7.91. The minimum absolute atomic E-state index is 0.0000482. The molecule has 1 aromatic carbocycles. The van der Waals surface area contributed by atoms with Crippen LogP contribution in [0.2, 0.25) is 0 Å². The van der Waals surface area contributed by atoms with Crippen LogP contribution in [0, 0.1) is 0 Å². The lowest BCUT2D eigenvalue weighted by Crippen LogP contribution is -2.38. The maximum Gasteiger partial charge on any atom is 0.274 e. The number of benzene rings is 1. The molecule has 1 aliphatic rings. The van der Waals surface area contributed by atoms with E-state index in [1.54, 1.807) is 7.05 Å². The second-order valence-corrected chi connectivity index (χ2v) is 8.57. The zero-order valence-corrected chi connectivity index (χ0v) is 16.1. The molecule has 8 nitrogen and oxygen atoms in total. The van der Waals surface area contributed by atoms with Crippen LogP contribution in [-0.4, -0.2) is 60.4 Å². The Balaban J connectivity index is 1.63. The predicted molar refractivity (Wildman–Crippen MR) is 102 cm³/mol. The number of hydrogen-bond acceptors (Lipinski definition) is 7. The topological polar surface area (TPSA) is 101 Å². The molecule has 144 valence electrons. The summed E-state index contributed by atoms with van der Waals surface area (Å²) in [5.41, 5.74) is 0.999. The van der Waals surface area contributed by atoms with Gasteiger partial charge in [-0.05, 0) is 37.6 Å². The van der Waals surface area contributed by atoms with Gasteiger partial charge in [0.15, 0.2) is 9.84 Å². The fourth-order valence-electron chi connectivity index (χ4n) is 2.88. The first kappa shape index (κ1) is 19.1. The lowest BCUT2D eigenvalue weighted by Gasteiger charge is -2.22. The Hall–Kier alpha value is -2.68. The number of aromatic nitrogens is 2. The monoisotopic (exact) mass is 390 g/mol. The molecule has 1 aromatic heterocycles. The number of carbonyl (C=O) groups excluding carboxylic acids is 1. The molecule has 0 bridgehead atoms. The highest BCUT2D eigenvalue weighted by atomic mass is 32.2. The Morgan fingerprint density at radius 2 is 2.00 bits per heavy atom. The van der Waals surface area contributed by atoms with Gasteiger partial charge in [-0.2, -0.15) is 0 Å². The third kappa shape index (κ3) is 4.73. The van der Waals surface area contributed by atoms with E-state index < -0.39 is 9.84 Å². The van der Waals surface area contributed by atoms with Gasteiger partial charge in [0.25, 0.3) is 5.91 Å². The summed E-state index contributed by atoms with van der Waals surface area (Å²) in [6.45, 7) is 2.53. The molecule has 1 saturated heterocycles. The van der Waals surface area contributed by atoms with E-state index in [-0.39, 0.29) is 29.1 Å². The van der Waals surface area contributed by atoms with Crippen molar-refractivity contribution < 1.29 is 17.9 Å². The van der Waals surface area contributed by atoms with Crippen LogP contribution >= 0.6 is 0 Å². The molecule has 1 unspecified atom stereocenters. The summed E-state index contributed by atoms with van der Waals surface area (Å²) in [6.07, 6.45) is 3.32. The largest absolute Gasteiger partial charge is 0.494 e. The molecule has 0 aliphatic carbocycles. The van der Waals surface area contributed by atoms with Crippen molar-refractivity contribution in [3.63, 3.8) is 0 Å². The first-order chi connectivity index (χ1) is 12.9. The number of amides is 1. The van der Waals surface area contributed by atoms with Crippen molar-refractivity contribution >= 4 is 27.2 Å². The average Bonchev–Trinajstić information content (AvgIpc) is 3.03. The van der Waals surface area contributed by atoms with E-state index in [2.05, 4.69) is 15.3 Å². The maximum atomic E-state index is 12.5. The van der Waals surface area contributed by atoms with Crippen LogP contribution in [0.5, 0.6) is 5.75 Å². The molecule has 1 N–H and O–H groups in total. The van der Waals surface area contributed by atoms with Gasteiger partial charge in [-0.15, -0.1) is 0 Å². The van der Waals surface area contributed by atoms with Crippen molar-refractivity contribution in [3.05, 3.63) is 42.4 Å². The first-order valence-corrected chi connectivity index (χ1v) is 10.5. The molecule has 2 aromatic rings. The molecule has 27 heavy (non-hydrogen) atoms. The van der Waals surface area contributed by atoms with Crippen LogP contribution in [-0.2, 0) is 9.84 Å². The van der Waals surface area contributed by atoms with Gasteiger partial charge in [-0.1, -0.05) is 0 Å².